The number of hydrogen-bond acceptors (Lipinski definition) is 7. The summed E-state index contributed by atoms with van der Waals surface area (Å²) >= 11 is 13.2. The Hall–Kier alpha value is -2.82. The maximum absolute atomic E-state index is 12.3. The summed E-state index contributed by atoms with van der Waals surface area (Å²) in [6.45, 7) is 3.77. The summed E-state index contributed by atoms with van der Waals surface area (Å²) in [6.07, 6.45) is -0.426. The zero-order valence-electron chi connectivity index (χ0n) is 17.3. The molecule has 9 nitrogen and oxygen atoms in total. The number of ether oxygens (including phenoxy) is 1. The number of nitro groups is 1. The van der Waals surface area contributed by atoms with Crippen LogP contribution in [0.4, 0.5) is 11.4 Å². The minimum absolute atomic E-state index is 0.00252. The highest BCUT2D eigenvalue weighted by Gasteiger charge is 2.19. The number of hydrogen-bond donors (Lipinski definition) is 1. The summed E-state index contributed by atoms with van der Waals surface area (Å²) in [7, 11) is 1.77. The van der Waals surface area contributed by atoms with Crippen molar-refractivity contribution in [1.82, 2.24) is 14.8 Å². The van der Waals surface area contributed by atoms with Crippen molar-refractivity contribution in [3.63, 3.8) is 0 Å². The molecule has 2 aromatic carbocycles. The minimum Gasteiger partial charge on any atom is -0.481 e. The van der Waals surface area contributed by atoms with Gasteiger partial charge in [0.25, 0.3) is 5.69 Å². The fourth-order valence-corrected chi connectivity index (χ4v) is 3.87. The predicted molar refractivity (Wildman–Crippen MR) is 124 cm³/mol. The fourth-order valence-electron chi connectivity index (χ4n) is 2.81. The molecule has 0 saturated carbocycles. The average Bonchev–Trinajstić information content (AvgIpc) is 3.11. The van der Waals surface area contributed by atoms with Crippen LogP contribution in [0.2, 0.25) is 10.0 Å². The summed E-state index contributed by atoms with van der Waals surface area (Å²) in [5.41, 5.74) is 1.02. The molecule has 1 N–H and O–H groups in total. The Kier molecular flexibility index (Phi) is 7.60. The van der Waals surface area contributed by atoms with Gasteiger partial charge in [-0.2, -0.15) is 0 Å². The topological polar surface area (TPSA) is 112 Å². The van der Waals surface area contributed by atoms with E-state index < -0.39 is 11.0 Å². The molecule has 0 aliphatic heterocycles. The van der Waals surface area contributed by atoms with Gasteiger partial charge in [-0.1, -0.05) is 41.0 Å². The van der Waals surface area contributed by atoms with Crippen LogP contribution >= 0.6 is 35.0 Å². The Labute approximate surface area is 198 Å². The second kappa shape index (κ2) is 10.2. The van der Waals surface area contributed by atoms with E-state index in [1.54, 1.807) is 17.7 Å². The molecule has 1 unspecified atom stereocenters. The Morgan fingerprint density at radius 2 is 1.97 bits per heavy atom. The van der Waals surface area contributed by atoms with Crippen molar-refractivity contribution < 1.29 is 14.5 Å². The highest BCUT2D eigenvalue weighted by atomic mass is 35.5. The molecule has 0 aliphatic rings. The maximum Gasteiger partial charge on any atom is 0.289 e. The summed E-state index contributed by atoms with van der Waals surface area (Å²) in [6, 6.07) is 9.57. The first kappa shape index (κ1) is 23.8. The predicted octanol–water partition coefficient (Wildman–Crippen LogP) is 5.21. The number of anilines is 1. The van der Waals surface area contributed by atoms with Crippen molar-refractivity contribution in [3.8, 4) is 5.75 Å². The molecule has 1 amide bonds. The van der Waals surface area contributed by atoms with Crippen molar-refractivity contribution in [2.45, 2.75) is 25.1 Å². The van der Waals surface area contributed by atoms with Crippen LogP contribution in [-0.4, -0.2) is 31.3 Å². The van der Waals surface area contributed by atoms with Gasteiger partial charge in [0.05, 0.1) is 15.7 Å². The van der Waals surface area contributed by atoms with E-state index in [9.17, 15) is 14.9 Å². The quantitative estimate of drug-likeness (QED) is 0.259. The molecule has 0 aliphatic carbocycles. The monoisotopic (exact) mass is 495 g/mol. The third-order valence-electron chi connectivity index (χ3n) is 4.38. The second-order valence-electron chi connectivity index (χ2n) is 6.85. The normalized spacial score (nSPS) is 11.8. The van der Waals surface area contributed by atoms with E-state index >= 15 is 0 Å². The number of benzene rings is 2. The average molecular weight is 496 g/mol. The van der Waals surface area contributed by atoms with Gasteiger partial charge < -0.3 is 14.6 Å². The van der Waals surface area contributed by atoms with Crippen LogP contribution in [0.15, 0.2) is 41.6 Å². The Morgan fingerprint density at radius 3 is 2.69 bits per heavy atom. The number of aryl methyl sites for hydroxylation is 1. The van der Waals surface area contributed by atoms with Gasteiger partial charge in [0.2, 0.25) is 5.91 Å². The Morgan fingerprint density at radius 1 is 1.25 bits per heavy atom. The van der Waals surface area contributed by atoms with Crippen LogP contribution in [0.25, 0.3) is 0 Å². The second-order valence-corrected chi connectivity index (χ2v) is 8.61. The lowest BCUT2D eigenvalue weighted by atomic mass is 10.2. The Balaban J connectivity index is 1.62. The van der Waals surface area contributed by atoms with Crippen molar-refractivity contribution in [3.05, 3.63) is 67.9 Å². The van der Waals surface area contributed by atoms with Gasteiger partial charge in [0.1, 0.15) is 10.8 Å². The smallest absolute Gasteiger partial charge is 0.289 e. The molecule has 1 aromatic heterocycles. The van der Waals surface area contributed by atoms with Crippen molar-refractivity contribution in [1.29, 1.82) is 0 Å². The first-order chi connectivity index (χ1) is 15.2. The first-order valence-corrected chi connectivity index (χ1v) is 11.1. The molecule has 32 heavy (non-hydrogen) atoms. The molecule has 0 saturated heterocycles. The summed E-state index contributed by atoms with van der Waals surface area (Å²) in [5, 5.41) is 22.9. The van der Waals surface area contributed by atoms with Crippen molar-refractivity contribution >= 4 is 52.2 Å². The number of halogens is 2. The number of rotatable bonds is 8. The van der Waals surface area contributed by atoms with Crippen LogP contribution < -0.4 is 10.1 Å². The SMILES string of the molecule is Cc1ccc(Cl)c(OC(C)c2nnc(SCC(=O)Nc3ccc(Cl)c([N+](=O)[O-])c3)n2C)c1. The molecule has 12 heteroatoms. The lowest BCUT2D eigenvalue weighted by molar-refractivity contribution is -0.384. The minimum atomic E-state index is -0.610. The van der Waals surface area contributed by atoms with E-state index in [4.69, 9.17) is 27.9 Å². The molecular formula is C20H19Cl2N5O4S. The van der Waals surface area contributed by atoms with E-state index in [1.165, 1.54) is 30.0 Å². The third-order valence-corrected chi connectivity index (χ3v) is 6.03. The van der Waals surface area contributed by atoms with Gasteiger partial charge in [-0.25, -0.2) is 0 Å². The van der Waals surface area contributed by atoms with E-state index in [1.807, 2.05) is 26.0 Å². The maximum atomic E-state index is 12.3. The molecule has 0 spiro atoms. The van der Waals surface area contributed by atoms with Gasteiger partial charge in [-0.15, -0.1) is 10.2 Å². The molecule has 0 bridgehead atoms. The molecular weight excluding hydrogens is 477 g/mol. The van der Waals surface area contributed by atoms with Gasteiger partial charge >= 0.3 is 0 Å². The van der Waals surface area contributed by atoms with E-state index in [2.05, 4.69) is 15.5 Å². The van der Waals surface area contributed by atoms with E-state index in [0.29, 0.717) is 21.8 Å². The number of nitro benzene ring substituents is 1. The van der Waals surface area contributed by atoms with Crippen molar-refractivity contribution in [2.24, 2.45) is 7.05 Å². The van der Waals surface area contributed by atoms with E-state index in [-0.39, 0.29) is 28.1 Å². The standard InChI is InChI=1S/C20H19Cl2N5O4S/c1-11-4-6-15(22)17(8-11)31-12(2)19-24-25-20(26(19)3)32-10-18(28)23-13-5-7-14(21)16(9-13)27(29)30/h4-9,12H,10H2,1-3H3,(H,23,28). The molecule has 0 radical (unpaired) electrons. The van der Waals surface area contributed by atoms with Crippen LogP contribution in [0, 0.1) is 17.0 Å². The van der Waals surface area contributed by atoms with Gasteiger partial charge in [-0.05, 0) is 43.7 Å². The number of thioether (sulfide) groups is 1. The molecule has 3 rings (SSSR count). The largest absolute Gasteiger partial charge is 0.481 e. The lowest BCUT2D eigenvalue weighted by Crippen LogP contribution is -2.15. The molecule has 1 heterocycles. The number of nitrogens with zero attached hydrogens (tertiary/aromatic N) is 4. The zero-order valence-corrected chi connectivity index (χ0v) is 19.7. The van der Waals surface area contributed by atoms with Crippen LogP contribution in [-0.2, 0) is 11.8 Å². The third kappa shape index (κ3) is 5.70. The number of carbonyl (C=O) groups excluding carboxylic acids is 1. The van der Waals surface area contributed by atoms with Gasteiger partial charge in [-0.3, -0.25) is 14.9 Å². The zero-order chi connectivity index (χ0) is 23.4. The van der Waals surface area contributed by atoms with Crippen LogP contribution in [0.5, 0.6) is 5.75 Å². The molecule has 0 fully saturated rings. The summed E-state index contributed by atoms with van der Waals surface area (Å²) in [5.74, 6) is 0.792. The summed E-state index contributed by atoms with van der Waals surface area (Å²) in [4.78, 5) is 22.7. The van der Waals surface area contributed by atoms with Crippen LogP contribution in [0.1, 0.15) is 24.4 Å². The number of nitrogens with one attached hydrogen (secondary N) is 1. The van der Waals surface area contributed by atoms with Crippen LogP contribution in [0.3, 0.4) is 0 Å². The molecule has 1 atom stereocenters. The molecule has 168 valence electrons. The number of amides is 1. The highest BCUT2D eigenvalue weighted by Crippen LogP contribution is 2.30. The number of aromatic nitrogens is 3. The fraction of sp³-hybridized carbons (Fsp3) is 0.250. The Bertz CT molecular complexity index is 1170. The highest BCUT2D eigenvalue weighted by molar-refractivity contribution is 7.99. The first-order valence-electron chi connectivity index (χ1n) is 9.34. The lowest BCUT2D eigenvalue weighted by Gasteiger charge is -2.15. The van der Waals surface area contributed by atoms with Crippen molar-refractivity contribution in [2.75, 3.05) is 11.1 Å². The number of carbonyl (C=O) groups is 1. The molecule has 3 aromatic rings. The summed E-state index contributed by atoms with van der Waals surface area (Å²) < 4.78 is 7.68. The van der Waals surface area contributed by atoms with E-state index in [0.717, 1.165) is 5.56 Å². The van der Waals surface area contributed by atoms with Gasteiger partial charge in [0, 0.05) is 18.8 Å². The van der Waals surface area contributed by atoms with Gasteiger partial charge in [0.15, 0.2) is 17.1 Å².